The first-order valence-corrected chi connectivity index (χ1v) is 8.73. The highest BCUT2D eigenvalue weighted by Gasteiger charge is 2.05. The normalized spacial score (nSPS) is 11.3. The van der Waals surface area contributed by atoms with Gasteiger partial charge in [0.1, 0.15) is 0 Å². The van der Waals surface area contributed by atoms with E-state index < -0.39 is 9.84 Å². The number of rotatable bonds is 7. The van der Waals surface area contributed by atoms with Gasteiger partial charge in [-0.15, -0.1) is 0 Å². The number of benzene rings is 2. The van der Waals surface area contributed by atoms with Crippen molar-refractivity contribution in [2.24, 2.45) is 0 Å². The fourth-order valence-corrected chi connectivity index (χ4v) is 2.57. The molecular formula is C16H20N2O2S. The molecule has 0 saturated heterocycles. The molecule has 0 heterocycles. The molecule has 112 valence electrons. The summed E-state index contributed by atoms with van der Waals surface area (Å²) < 4.78 is 22.7. The smallest absolute Gasteiger partial charge is 0.175 e. The summed E-state index contributed by atoms with van der Waals surface area (Å²) in [7, 11) is -3.11. The van der Waals surface area contributed by atoms with E-state index in [1.165, 1.54) is 6.26 Å². The number of hydrogen-bond acceptors (Lipinski definition) is 4. The van der Waals surface area contributed by atoms with E-state index in [-0.39, 0.29) is 0 Å². The molecule has 0 saturated carbocycles. The lowest BCUT2D eigenvalue weighted by atomic mass is 10.2. The quantitative estimate of drug-likeness (QED) is 0.771. The zero-order valence-electron chi connectivity index (χ0n) is 12.0. The van der Waals surface area contributed by atoms with E-state index in [2.05, 4.69) is 10.6 Å². The number of sulfone groups is 1. The summed E-state index contributed by atoms with van der Waals surface area (Å²) in [6.45, 7) is 2.40. The Morgan fingerprint density at radius 1 is 0.905 bits per heavy atom. The van der Waals surface area contributed by atoms with Gasteiger partial charge in [-0.2, -0.15) is 0 Å². The van der Waals surface area contributed by atoms with Crippen LogP contribution >= 0.6 is 0 Å². The molecule has 4 nitrogen and oxygen atoms in total. The lowest BCUT2D eigenvalue weighted by Gasteiger charge is -2.08. The largest absolute Gasteiger partial charge is 0.384 e. The maximum Gasteiger partial charge on any atom is 0.175 e. The molecule has 2 aromatic rings. The highest BCUT2D eigenvalue weighted by molar-refractivity contribution is 7.90. The van der Waals surface area contributed by atoms with Crippen LogP contribution < -0.4 is 10.6 Å². The molecule has 0 unspecified atom stereocenters. The number of anilines is 1. The second-order valence-electron chi connectivity index (χ2n) is 4.89. The van der Waals surface area contributed by atoms with Crippen LogP contribution in [0.25, 0.3) is 0 Å². The monoisotopic (exact) mass is 304 g/mol. The van der Waals surface area contributed by atoms with Crippen molar-refractivity contribution < 1.29 is 8.42 Å². The third-order valence-corrected chi connectivity index (χ3v) is 4.21. The molecule has 0 amide bonds. The van der Waals surface area contributed by atoms with Crippen molar-refractivity contribution in [1.82, 2.24) is 5.32 Å². The lowest BCUT2D eigenvalue weighted by molar-refractivity contribution is 0.602. The molecule has 0 aliphatic heterocycles. The second-order valence-corrected chi connectivity index (χ2v) is 6.90. The molecule has 0 atom stereocenters. The van der Waals surface area contributed by atoms with Gasteiger partial charge in [0.2, 0.25) is 0 Å². The molecule has 0 aliphatic rings. The van der Waals surface area contributed by atoms with Crippen molar-refractivity contribution >= 4 is 15.5 Å². The predicted molar refractivity (Wildman–Crippen MR) is 86.2 cm³/mol. The van der Waals surface area contributed by atoms with Gasteiger partial charge in [0.15, 0.2) is 9.84 Å². The first kappa shape index (κ1) is 15.5. The fraction of sp³-hybridized carbons (Fsp3) is 0.250. The Morgan fingerprint density at radius 2 is 1.57 bits per heavy atom. The predicted octanol–water partition coefficient (Wildman–Crippen LogP) is 2.29. The van der Waals surface area contributed by atoms with E-state index in [1.807, 2.05) is 42.5 Å². The molecule has 0 spiro atoms. The minimum Gasteiger partial charge on any atom is -0.384 e. The van der Waals surface area contributed by atoms with Gasteiger partial charge in [-0.25, -0.2) is 8.42 Å². The topological polar surface area (TPSA) is 58.2 Å². The van der Waals surface area contributed by atoms with Crippen LogP contribution in [0.5, 0.6) is 0 Å². The minimum atomic E-state index is -3.11. The van der Waals surface area contributed by atoms with Gasteiger partial charge >= 0.3 is 0 Å². The molecule has 2 rings (SSSR count). The van der Waals surface area contributed by atoms with Crippen molar-refractivity contribution in [2.45, 2.75) is 11.4 Å². The van der Waals surface area contributed by atoms with Crippen LogP contribution in [0.2, 0.25) is 0 Å². The van der Waals surface area contributed by atoms with Crippen molar-refractivity contribution in [1.29, 1.82) is 0 Å². The summed E-state index contributed by atoms with van der Waals surface area (Å²) in [5, 5.41) is 6.64. The number of para-hydroxylation sites is 1. The zero-order chi connectivity index (χ0) is 15.1. The molecule has 5 heteroatoms. The van der Waals surface area contributed by atoms with Crippen LogP contribution in [0.1, 0.15) is 5.56 Å². The van der Waals surface area contributed by atoms with Gasteiger partial charge in [0, 0.05) is 31.6 Å². The van der Waals surface area contributed by atoms with E-state index in [0.29, 0.717) is 4.90 Å². The third-order valence-electron chi connectivity index (χ3n) is 3.09. The summed E-state index contributed by atoms with van der Waals surface area (Å²) in [5.41, 5.74) is 2.18. The van der Waals surface area contributed by atoms with E-state index in [0.717, 1.165) is 30.9 Å². The highest BCUT2D eigenvalue weighted by atomic mass is 32.2. The van der Waals surface area contributed by atoms with Gasteiger partial charge in [-0.3, -0.25) is 0 Å². The molecule has 0 fully saturated rings. The minimum absolute atomic E-state index is 0.358. The molecule has 0 bridgehead atoms. The van der Waals surface area contributed by atoms with Crippen molar-refractivity contribution in [2.75, 3.05) is 24.7 Å². The van der Waals surface area contributed by atoms with Gasteiger partial charge in [0.25, 0.3) is 0 Å². The van der Waals surface area contributed by atoms with Crippen LogP contribution in [-0.2, 0) is 16.4 Å². The van der Waals surface area contributed by atoms with Crippen molar-refractivity contribution in [3.05, 3.63) is 60.2 Å². The second kappa shape index (κ2) is 7.24. The van der Waals surface area contributed by atoms with Crippen molar-refractivity contribution in [3.8, 4) is 0 Å². The average molecular weight is 304 g/mol. The lowest BCUT2D eigenvalue weighted by Crippen LogP contribution is -2.21. The van der Waals surface area contributed by atoms with Gasteiger partial charge in [-0.1, -0.05) is 30.3 Å². The van der Waals surface area contributed by atoms with Gasteiger partial charge in [0.05, 0.1) is 4.90 Å². The maximum atomic E-state index is 11.4. The Balaban J connectivity index is 1.71. The standard InChI is InChI=1S/C16H20N2O2S/c1-21(19,20)16-9-7-14(8-10-16)13-17-11-12-18-15-5-3-2-4-6-15/h2-10,17-18H,11-13H2,1H3. The third kappa shape index (κ3) is 5.21. The Morgan fingerprint density at radius 3 is 2.19 bits per heavy atom. The number of nitrogens with one attached hydrogen (secondary N) is 2. The summed E-state index contributed by atoms with van der Waals surface area (Å²) >= 11 is 0. The molecule has 0 aliphatic carbocycles. The van der Waals surface area contributed by atoms with Gasteiger partial charge in [-0.05, 0) is 29.8 Å². The zero-order valence-corrected chi connectivity index (χ0v) is 12.9. The number of hydrogen-bond donors (Lipinski definition) is 2. The first-order chi connectivity index (χ1) is 10.1. The SMILES string of the molecule is CS(=O)(=O)c1ccc(CNCCNc2ccccc2)cc1. The highest BCUT2D eigenvalue weighted by Crippen LogP contribution is 2.10. The van der Waals surface area contributed by atoms with E-state index in [1.54, 1.807) is 12.1 Å². The van der Waals surface area contributed by atoms with Crippen LogP contribution in [-0.4, -0.2) is 27.8 Å². The van der Waals surface area contributed by atoms with Gasteiger partial charge < -0.3 is 10.6 Å². The summed E-state index contributed by atoms with van der Waals surface area (Å²) in [6, 6.07) is 17.0. The van der Waals surface area contributed by atoms with Crippen LogP contribution in [0.4, 0.5) is 5.69 Å². The average Bonchev–Trinajstić information content (AvgIpc) is 2.47. The summed E-state index contributed by atoms with van der Waals surface area (Å²) in [5.74, 6) is 0. The Labute approximate surface area is 126 Å². The van der Waals surface area contributed by atoms with Crippen LogP contribution in [0, 0.1) is 0 Å². The van der Waals surface area contributed by atoms with E-state index >= 15 is 0 Å². The Bertz CT molecular complexity index is 652. The van der Waals surface area contributed by atoms with E-state index in [9.17, 15) is 8.42 Å². The molecule has 2 aromatic carbocycles. The Kier molecular flexibility index (Phi) is 5.36. The summed E-state index contributed by atoms with van der Waals surface area (Å²) in [4.78, 5) is 0.358. The molecular weight excluding hydrogens is 284 g/mol. The Hall–Kier alpha value is -1.85. The first-order valence-electron chi connectivity index (χ1n) is 6.84. The molecule has 21 heavy (non-hydrogen) atoms. The van der Waals surface area contributed by atoms with Crippen LogP contribution in [0.15, 0.2) is 59.5 Å². The van der Waals surface area contributed by atoms with Crippen molar-refractivity contribution in [3.63, 3.8) is 0 Å². The van der Waals surface area contributed by atoms with E-state index in [4.69, 9.17) is 0 Å². The maximum absolute atomic E-state index is 11.4. The molecule has 2 N–H and O–H groups in total. The molecule has 0 aromatic heterocycles. The molecule has 0 radical (unpaired) electrons. The summed E-state index contributed by atoms with van der Waals surface area (Å²) in [6.07, 6.45) is 1.22. The fourth-order valence-electron chi connectivity index (χ4n) is 1.94. The van der Waals surface area contributed by atoms with Crippen LogP contribution in [0.3, 0.4) is 0 Å².